The molecule has 5 rings (SSSR count). The van der Waals surface area contributed by atoms with Crippen LogP contribution in [0.15, 0.2) is 113 Å². The highest BCUT2D eigenvalue weighted by atomic mass is 79.9. The Morgan fingerprint density at radius 2 is 1.34 bits per heavy atom. The van der Waals surface area contributed by atoms with E-state index >= 15 is 0 Å². The summed E-state index contributed by atoms with van der Waals surface area (Å²) in [5, 5.41) is 0.107. The molecule has 0 N–H and O–H groups in total. The van der Waals surface area contributed by atoms with Gasteiger partial charge in [-0.1, -0.05) is 72.3 Å². The predicted octanol–water partition coefficient (Wildman–Crippen LogP) is 7.08. The van der Waals surface area contributed by atoms with E-state index in [2.05, 4.69) is 15.9 Å². The molecule has 0 atom stereocenters. The number of hydrogen-bond donors (Lipinski definition) is 0. The molecule has 38 heavy (non-hydrogen) atoms. The number of benzene rings is 4. The van der Waals surface area contributed by atoms with Crippen molar-refractivity contribution in [1.82, 2.24) is 0 Å². The quantitative estimate of drug-likeness (QED) is 0.138. The Balaban J connectivity index is 1.47. The molecule has 1 fully saturated rings. The van der Waals surface area contributed by atoms with Crippen molar-refractivity contribution in [3.8, 4) is 5.75 Å². The van der Waals surface area contributed by atoms with Crippen LogP contribution in [0.4, 0.5) is 11.4 Å². The van der Waals surface area contributed by atoms with Crippen molar-refractivity contribution < 1.29 is 14.3 Å². The third kappa shape index (κ3) is 5.30. The van der Waals surface area contributed by atoms with Gasteiger partial charge in [-0.2, -0.15) is 0 Å². The SMILES string of the molecule is Cc1ccc(COc2ccc(C=C3C(=O)N(c4ccccc4)C(=S)N(c4ccccc4)C3=O)cc2Br)cc1. The van der Waals surface area contributed by atoms with Crippen LogP contribution in [0.5, 0.6) is 5.75 Å². The fourth-order valence-electron chi connectivity index (χ4n) is 4.08. The van der Waals surface area contributed by atoms with Crippen LogP contribution in [0, 0.1) is 6.92 Å². The van der Waals surface area contributed by atoms with Crippen molar-refractivity contribution >= 4 is 62.5 Å². The van der Waals surface area contributed by atoms with Gasteiger partial charge in [0.05, 0.1) is 15.8 Å². The molecule has 5 nitrogen and oxygen atoms in total. The Morgan fingerprint density at radius 1 is 0.789 bits per heavy atom. The first-order chi connectivity index (χ1) is 18.4. The van der Waals surface area contributed by atoms with E-state index in [1.54, 1.807) is 30.3 Å². The van der Waals surface area contributed by atoms with Gasteiger partial charge in [-0.3, -0.25) is 19.4 Å². The number of nitrogens with zero attached hydrogens (tertiary/aromatic N) is 2. The van der Waals surface area contributed by atoms with Gasteiger partial charge in [0.1, 0.15) is 17.9 Å². The van der Waals surface area contributed by atoms with Gasteiger partial charge in [0.15, 0.2) is 5.11 Å². The fourth-order valence-corrected chi connectivity index (χ4v) is 4.96. The van der Waals surface area contributed by atoms with Crippen LogP contribution in [-0.4, -0.2) is 16.9 Å². The Labute approximate surface area is 235 Å². The molecule has 0 spiro atoms. The summed E-state index contributed by atoms with van der Waals surface area (Å²) in [7, 11) is 0. The molecule has 4 aromatic carbocycles. The zero-order chi connectivity index (χ0) is 26.6. The van der Waals surface area contributed by atoms with Crippen LogP contribution in [-0.2, 0) is 16.2 Å². The van der Waals surface area contributed by atoms with Gasteiger partial charge in [-0.05, 0) is 88.7 Å². The highest BCUT2D eigenvalue weighted by molar-refractivity contribution is 9.10. The largest absolute Gasteiger partial charge is 0.488 e. The lowest BCUT2D eigenvalue weighted by molar-refractivity contribution is -0.120. The van der Waals surface area contributed by atoms with Crippen LogP contribution in [0.1, 0.15) is 16.7 Å². The molecule has 7 heteroatoms. The smallest absolute Gasteiger partial charge is 0.270 e. The summed E-state index contributed by atoms with van der Waals surface area (Å²) in [5.74, 6) is -0.296. The number of para-hydroxylation sites is 2. The molecule has 0 radical (unpaired) electrons. The second-order valence-corrected chi connectivity index (χ2v) is 9.98. The summed E-state index contributed by atoms with van der Waals surface area (Å²) in [5.41, 5.74) is 4.10. The number of anilines is 2. The van der Waals surface area contributed by atoms with Gasteiger partial charge in [0.2, 0.25) is 0 Å². The van der Waals surface area contributed by atoms with Gasteiger partial charge in [-0.15, -0.1) is 0 Å². The highest BCUT2D eigenvalue weighted by Crippen LogP contribution is 2.32. The van der Waals surface area contributed by atoms with Crippen LogP contribution in [0.25, 0.3) is 6.08 Å². The van der Waals surface area contributed by atoms with Gasteiger partial charge in [0, 0.05) is 0 Å². The summed E-state index contributed by atoms with van der Waals surface area (Å²) in [6.07, 6.45) is 1.59. The molecule has 1 aliphatic rings. The molecule has 188 valence electrons. The Kier molecular flexibility index (Phi) is 7.49. The summed E-state index contributed by atoms with van der Waals surface area (Å²) < 4.78 is 6.69. The topological polar surface area (TPSA) is 49.9 Å². The molecule has 0 saturated carbocycles. The van der Waals surface area contributed by atoms with E-state index in [0.717, 1.165) is 5.56 Å². The lowest BCUT2D eigenvalue weighted by Crippen LogP contribution is -2.56. The van der Waals surface area contributed by atoms with Gasteiger partial charge >= 0.3 is 0 Å². The van der Waals surface area contributed by atoms with Crippen molar-refractivity contribution in [3.63, 3.8) is 0 Å². The maximum atomic E-state index is 13.6. The normalized spacial score (nSPS) is 13.6. The first-order valence-corrected chi connectivity index (χ1v) is 13.1. The zero-order valence-corrected chi connectivity index (χ0v) is 22.9. The van der Waals surface area contributed by atoms with E-state index in [1.165, 1.54) is 15.4 Å². The number of amides is 2. The van der Waals surface area contributed by atoms with Crippen LogP contribution >= 0.6 is 28.1 Å². The van der Waals surface area contributed by atoms with E-state index in [1.807, 2.05) is 85.8 Å². The molecule has 4 aromatic rings. The van der Waals surface area contributed by atoms with Gasteiger partial charge in [-0.25, -0.2) is 0 Å². The van der Waals surface area contributed by atoms with Crippen LogP contribution < -0.4 is 14.5 Å². The number of hydrogen-bond acceptors (Lipinski definition) is 4. The second-order valence-electron chi connectivity index (χ2n) is 8.76. The maximum absolute atomic E-state index is 13.6. The summed E-state index contributed by atoms with van der Waals surface area (Å²) in [4.78, 5) is 30.1. The van der Waals surface area contributed by atoms with Gasteiger partial charge < -0.3 is 4.74 Å². The molecule has 0 aliphatic carbocycles. The molecule has 1 saturated heterocycles. The van der Waals surface area contributed by atoms with Crippen LogP contribution in [0.3, 0.4) is 0 Å². The molecule has 0 aromatic heterocycles. The number of halogens is 1. The fraction of sp³-hybridized carbons (Fsp3) is 0.0645. The highest BCUT2D eigenvalue weighted by Gasteiger charge is 2.41. The first-order valence-electron chi connectivity index (χ1n) is 11.9. The minimum atomic E-state index is -0.478. The molecule has 0 bridgehead atoms. The van der Waals surface area contributed by atoms with Crippen molar-refractivity contribution in [2.24, 2.45) is 0 Å². The van der Waals surface area contributed by atoms with Crippen molar-refractivity contribution in [3.05, 3.63) is 130 Å². The van der Waals surface area contributed by atoms with E-state index in [4.69, 9.17) is 17.0 Å². The number of aryl methyl sites for hydroxylation is 1. The molecule has 1 heterocycles. The van der Waals surface area contributed by atoms with E-state index < -0.39 is 11.8 Å². The molecular weight excluding hydrogens is 560 g/mol. The molecule has 1 aliphatic heterocycles. The number of ether oxygens (including phenoxy) is 1. The number of carbonyl (C=O) groups is 2. The van der Waals surface area contributed by atoms with Crippen molar-refractivity contribution in [2.45, 2.75) is 13.5 Å². The number of carbonyl (C=O) groups excluding carboxylic acids is 2. The Morgan fingerprint density at radius 3 is 1.87 bits per heavy atom. The second kappa shape index (κ2) is 11.1. The lowest BCUT2D eigenvalue weighted by atomic mass is 10.0. The van der Waals surface area contributed by atoms with Crippen molar-refractivity contribution in [1.29, 1.82) is 0 Å². The zero-order valence-electron chi connectivity index (χ0n) is 20.5. The maximum Gasteiger partial charge on any atom is 0.270 e. The Bertz CT molecular complexity index is 1470. The molecular formula is C31H23BrN2O3S. The van der Waals surface area contributed by atoms with Crippen molar-refractivity contribution in [2.75, 3.05) is 9.80 Å². The third-order valence-corrected chi connectivity index (χ3v) is 7.05. The molecule has 2 amide bonds. The van der Waals surface area contributed by atoms with Gasteiger partial charge in [0.25, 0.3) is 11.8 Å². The number of thiocarbonyl (C=S) groups is 1. The Hall–Kier alpha value is -4.07. The molecule has 0 unspecified atom stereocenters. The first kappa shape index (κ1) is 25.6. The van der Waals surface area contributed by atoms with E-state index in [-0.39, 0.29) is 10.7 Å². The summed E-state index contributed by atoms with van der Waals surface area (Å²) in [6.45, 7) is 2.47. The summed E-state index contributed by atoms with van der Waals surface area (Å²) >= 11 is 9.23. The minimum Gasteiger partial charge on any atom is -0.488 e. The monoisotopic (exact) mass is 582 g/mol. The van der Waals surface area contributed by atoms with E-state index in [9.17, 15) is 9.59 Å². The average Bonchev–Trinajstić information content (AvgIpc) is 2.93. The third-order valence-electron chi connectivity index (χ3n) is 6.06. The lowest BCUT2D eigenvalue weighted by Gasteiger charge is -2.36. The predicted molar refractivity (Wildman–Crippen MR) is 158 cm³/mol. The van der Waals surface area contributed by atoms with Crippen LogP contribution in [0.2, 0.25) is 0 Å². The average molecular weight is 584 g/mol. The standard InChI is InChI=1S/C31H23BrN2O3S/c1-21-12-14-22(15-13-21)20-37-28-17-16-23(19-27(28)32)18-26-29(35)33(24-8-4-2-5-9-24)31(38)34(30(26)36)25-10-6-3-7-11-25/h2-19H,20H2,1H3. The minimum absolute atomic E-state index is 0.00605. The van der Waals surface area contributed by atoms with E-state index in [0.29, 0.717) is 33.8 Å². The summed E-state index contributed by atoms with van der Waals surface area (Å²) in [6, 6.07) is 31.8. The number of rotatable bonds is 6.